The van der Waals surface area contributed by atoms with Crippen molar-refractivity contribution in [3.8, 4) is 0 Å². The molecule has 0 radical (unpaired) electrons. The van der Waals surface area contributed by atoms with E-state index in [0.29, 0.717) is 25.4 Å². The fraction of sp³-hybridized carbons (Fsp3) is 0.529. The van der Waals surface area contributed by atoms with Crippen LogP contribution in [0.5, 0.6) is 0 Å². The van der Waals surface area contributed by atoms with Crippen LogP contribution < -0.4 is 0 Å². The molecule has 118 valence electrons. The zero-order valence-electron chi connectivity index (χ0n) is 12.6. The molecular weight excluding hydrogens is 280 g/mol. The first kappa shape index (κ1) is 14.9. The summed E-state index contributed by atoms with van der Waals surface area (Å²) in [5.74, 6) is -0.809. The fourth-order valence-electron chi connectivity index (χ4n) is 3.48. The molecule has 2 fully saturated rings. The van der Waals surface area contributed by atoms with Crippen LogP contribution in [0.2, 0.25) is 0 Å². The largest absolute Gasteiger partial charge is 0.481 e. The number of carboxylic acids is 1. The number of nitrogens with zero attached hydrogens (tertiary/aromatic N) is 2. The summed E-state index contributed by atoms with van der Waals surface area (Å²) < 4.78 is 0. The Morgan fingerprint density at radius 3 is 2.45 bits per heavy atom. The number of hydrogen-bond donors (Lipinski definition) is 1. The average molecular weight is 302 g/mol. The maximum absolute atomic E-state index is 12.6. The van der Waals surface area contributed by atoms with Crippen molar-refractivity contribution in [3.63, 3.8) is 0 Å². The molecule has 1 aromatic carbocycles. The van der Waals surface area contributed by atoms with Gasteiger partial charge < -0.3 is 14.9 Å². The third kappa shape index (κ3) is 3.08. The summed E-state index contributed by atoms with van der Waals surface area (Å²) in [6.07, 6.45) is 2.43. The highest BCUT2D eigenvalue weighted by Gasteiger charge is 2.33. The topological polar surface area (TPSA) is 60.9 Å². The number of amides is 2. The highest BCUT2D eigenvalue weighted by molar-refractivity contribution is 5.77. The van der Waals surface area contributed by atoms with Gasteiger partial charge in [0.2, 0.25) is 0 Å². The molecule has 0 bridgehead atoms. The van der Waals surface area contributed by atoms with Crippen molar-refractivity contribution in [2.24, 2.45) is 5.92 Å². The molecule has 3 rings (SSSR count). The SMILES string of the molecule is O=C(O)C1CCCN(C(=O)N2CCC(c3ccccc3)C2)C1. The van der Waals surface area contributed by atoms with E-state index in [9.17, 15) is 9.59 Å². The van der Waals surface area contributed by atoms with Gasteiger partial charge in [0.15, 0.2) is 0 Å². The van der Waals surface area contributed by atoms with Gasteiger partial charge in [-0.05, 0) is 24.8 Å². The molecule has 2 saturated heterocycles. The first-order chi connectivity index (χ1) is 10.6. The Kier molecular flexibility index (Phi) is 4.32. The predicted octanol–water partition coefficient (Wildman–Crippen LogP) is 2.39. The first-order valence-corrected chi connectivity index (χ1v) is 7.97. The number of likely N-dealkylation sites (tertiary alicyclic amines) is 2. The quantitative estimate of drug-likeness (QED) is 0.912. The molecule has 0 spiro atoms. The van der Waals surface area contributed by atoms with Gasteiger partial charge in [0, 0.05) is 32.1 Å². The predicted molar refractivity (Wildman–Crippen MR) is 82.7 cm³/mol. The van der Waals surface area contributed by atoms with Crippen molar-refractivity contribution >= 4 is 12.0 Å². The molecule has 2 aliphatic heterocycles. The van der Waals surface area contributed by atoms with Crippen molar-refractivity contribution in [1.82, 2.24) is 9.80 Å². The minimum Gasteiger partial charge on any atom is -0.481 e. The molecule has 22 heavy (non-hydrogen) atoms. The van der Waals surface area contributed by atoms with E-state index >= 15 is 0 Å². The molecule has 5 heteroatoms. The highest BCUT2D eigenvalue weighted by Crippen LogP contribution is 2.28. The lowest BCUT2D eigenvalue weighted by Crippen LogP contribution is -2.48. The molecule has 0 saturated carbocycles. The zero-order valence-corrected chi connectivity index (χ0v) is 12.6. The molecular formula is C17H22N2O3. The summed E-state index contributed by atoms with van der Waals surface area (Å²) in [6, 6.07) is 10.3. The maximum atomic E-state index is 12.6. The van der Waals surface area contributed by atoms with E-state index < -0.39 is 11.9 Å². The summed E-state index contributed by atoms with van der Waals surface area (Å²) >= 11 is 0. The smallest absolute Gasteiger partial charge is 0.320 e. The molecule has 0 aromatic heterocycles. The van der Waals surface area contributed by atoms with Crippen molar-refractivity contribution in [1.29, 1.82) is 0 Å². The number of aliphatic carboxylic acids is 1. The van der Waals surface area contributed by atoms with Crippen molar-refractivity contribution in [2.75, 3.05) is 26.2 Å². The number of carboxylic acid groups (broad SMARTS) is 1. The van der Waals surface area contributed by atoms with E-state index in [-0.39, 0.29) is 6.03 Å². The van der Waals surface area contributed by atoms with Gasteiger partial charge in [0.25, 0.3) is 0 Å². The van der Waals surface area contributed by atoms with E-state index in [4.69, 9.17) is 5.11 Å². The Morgan fingerprint density at radius 2 is 1.73 bits per heavy atom. The van der Waals surface area contributed by atoms with Crippen LogP contribution in [0.3, 0.4) is 0 Å². The van der Waals surface area contributed by atoms with Gasteiger partial charge in [-0.1, -0.05) is 30.3 Å². The molecule has 2 atom stereocenters. The monoisotopic (exact) mass is 302 g/mol. The second-order valence-corrected chi connectivity index (χ2v) is 6.25. The van der Waals surface area contributed by atoms with Gasteiger partial charge in [-0.2, -0.15) is 0 Å². The number of piperidine rings is 1. The Balaban J connectivity index is 1.60. The van der Waals surface area contributed by atoms with Crippen molar-refractivity contribution in [2.45, 2.75) is 25.2 Å². The van der Waals surface area contributed by atoms with Crippen LogP contribution in [-0.4, -0.2) is 53.1 Å². The third-order valence-corrected chi connectivity index (χ3v) is 4.77. The second kappa shape index (κ2) is 6.38. The summed E-state index contributed by atoms with van der Waals surface area (Å²) in [5.41, 5.74) is 1.28. The number of carbonyl (C=O) groups is 2. The van der Waals surface area contributed by atoms with Gasteiger partial charge in [-0.3, -0.25) is 4.79 Å². The van der Waals surface area contributed by atoms with E-state index in [1.165, 1.54) is 5.56 Å². The van der Waals surface area contributed by atoms with E-state index in [1.807, 2.05) is 23.1 Å². The number of urea groups is 1. The molecule has 2 heterocycles. The average Bonchev–Trinajstić information content (AvgIpc) is 3.05. The second-order valence-electron chi connectivity index (χ2n) is 6.25. The number of hydrogen-bond acceptors (Lipinski definition) is 2. The Labute approximate surface area is 130 Å². The molecule has 5 nitrogen and oxygen atoms in total. The van der Waals surface area contributed by atoms with Crippen LogP contribution in [-0.2, 0) is 4.79 Å². The number of carbonyl (C=O) groups excluding carboxylic acids is 1. The van der Waals surface area contributed by atoms with E-state index in [0.717, 1.165) is 25.9 Å². The minimum atomic E-state index is -0.791. The first-order valence-electron chi connectivity index (χ1n) is 7.97. The van der Waals surface area contributed by atoms with Gasteiger partial charge in [-0.15, -0.1) is 0 Å². The number of benzene rings is 1. The molecule has 2 aliphatic rings. The zero-order chi connectivity index (χ0) is 15.5. The van der Waals surface area contributed by atoms with Gasteiger partial charge in [-0.25, -0.2) is 4.79 Å². The standard InChI is InChI=1S/C17H22N2O3/c20-16(21)15-7-4-9-18(12-15)17(22)19-10-8-14(11-19)13-5-2-1-3-6-13/h1-3,5-6,14-15H,4,7-12H2,(H,20,21). The molecule has 2 amide bonds. The maximum Gasteiger partial charge on any atom is 0.320 e. The van der Waals surface area contributed by atoms with Crippen LogP contribution in [0.25, 0.3) is 0 Å². The van der Waals surface area contributed by atoms with Crippen LogP contribution in [0.1, 0.15) is 30.7 Å². The third-order valence-electron chi connectivity index (χ3n) is 4.77. The number of rotatable bonds is 2. The summed E-state index contributed by atoms with van der Waals surface area (Å²) in [4.78, 5) is 27.3. The summed E-state index contributed by atoms with van der Waals surface area (Å²) in [7, 11) is 0. The van der Waals surface area contributed by atoms with Gasteiger partial charge >= 0.3 is 12.0 Å². The lowest BCUT2D eigenvalue weighted by atomic mass is 9.98. The normalized spacial score (nSPS) is 25.3. The lowest BCUT2D eigenvalue weighted by molar-refractivity contribution is -0.143. The van der Waals surface area contributed by atoms with E-state index in [1.54, 1.807) is 4.90 Å². The lowest BCUT2D eigenvalue weighted by Gasteiger charge is -2.33. The molecule has 2 unspecified atom stereocenters. The fourth-order valence-corrected chi connectivity index (χ4v) is 3.48. The van der Waals surface area contributed by atoms with Crippen LogP contribution in [0, 0.1) is 5.92 Å². The highest BCUT2D eigenvalue weighted by atomic mass is 16.4. The molecule has 0 aliphatic carbocycles. The van der Waals surface area contributed by atoms with Crippen LogP contribution >= 0.6 is 0 Å². The Hall–Kier alpha value is -2.04. The Bertz CT molecular complexity index is 546. The van der Waals surface area contributed by atoms with Crippen molar-refractivity contribution < 1.29 is 14.7 Å². The van der Waals surface area contributed by atoms with E-state index in [2.05, 4.69) is 12.1 Å². The Morgan fingerprint density at radius 1 is 1.00 bits per heavy atom. The summed E-state index contributed by atoms with van der Waals surface area (Å²) in [5, 5.41) is 9.14. The van der Waals surface area contributed by atoms with Gasteiger partial charge in [0.1, 0.15) is 0 Å². The van der Waals surface area contributed by atoms with Crippen LogP contribution in [0.4, 0.5) is 4.79 Å². The molecule has 1 aromatic rings. The van der Waals surface area contributed by atoms with Crippen molar-refractivity contribution in [3.05, 3.63) is 35.9 Å². The molecule has 1 N–H and O–H groups in total. The van der Waals surface area contributed by atoms with Gasteiger partial charge in [0.05, 0.1) is 5.92 Å². The summed E-state index contributed by atoms with van der Waals surface area (Å²) in [6.45, 7) is 2.51. The van der Waals surface area contributed by atoms with Crippen LogP contribution in [0.15, 0.2) is 30.3 Å². The minimum absolute atomic E-state index is 0.00406.